The van der Waals surface area contributed by atoms with Crippen LogP contribution in [-0.2, 0) is 0 Å². The van der Waals surface area contributed by atoms with Gasteiger partial charge in [-0.15, -0.1) is 6.42 Å². The molecule has 3 aromatic rings. The molecule has 96 valence electrons. The van der Waals surface area contributed by atoms with Gasteiger partial charge in [-0.2, -0.15) is 0 Å². The summed E-state index contributed by atoms with van der Waals surface area (Å²) in [5.41, 5.74) is 8.82. The molecule has 4 nitrogen and oxygen atoms in total. The Balaban J connectivity index is 2.15. The topological polar surface area (TPSA) is 71.8 Å². The standard InChI is InChI=1S/C16H11N3O/c1-2-10-6-8-11(9-7-10)16-18-13-5-3-4-12(15(17)20)14(13)19-16/h1,3-9H,(H2,17,20)(H,18,19). The van der Waals surface area contributed by atoms with Gasteiger partial charge in [-0.1, -0.05) is 24.1 Å². The van der Waals surface area contributed by atoms with Crippen LogP contribution in [0.25, 0.3) is 22.4 Å². The van der Waals surface area contributed by atoms with Crippen LogP contribution in [0.5, 0.6) is 0 Å². The quantitative estimate of drug-likeness (QED) is 0.695. The number of aromatic nitrogens is 2. The molecule has 0 aliphatic heterocycles. The number of hydrogen-bond donors (Lipinski definition) is 2. The predicted molar refractivity (Wildman–Crippen MR) is 78.0 cm³/mol. The smallest absolute Gasteiger partial charge is 0.250 e. The Bertz CT molecular complexity index is 838. The summed E-state index contributed by atoms with van der Waals surface area (Å²) in [5, 5.41) is 0. The van der Waals surface area contributed by atoms with Crippen molar-refractivity contribution in [2.75, 3.05) is 0 Å². The molecule has 3 rings (SSSR count). The van der Waals surface area contributed by atoms with Crippen LogP contribution in [0.4, 0.5) is 0 Å². The van der Waals surface area contributed by atoms with Gasteiger partial charge in [-0.05, 0) is 24.3 Å². The third-order valence-corrected chi connectivity index (χ3v) is 3.10. The van der Waals surface area contributed by atoms with Crippen molar-refractivity contribution in [3.05, 3.63) is 53.6 Å². The van der Waals surface area contributed by atoms with Gasteiger partial charge in [-0.25, -0.2) is 4.98 Å². The van der Waals surface area contributed by atoms with E-state index in [9.17, 15) is 4.79 Å². The number of hydrogen-bond acceptors (Lipinski definition) is 2. The summed E-state index contributed by atoms with van der Waals surface area (Å²) in [6.45, 7) is 0. The Morgan fingerprint density at radius 1 is 1.20 bits per heavy atom. The number of aromatic amines is 1. The molecule has 0 fully saturated rings. The number of nitrogens with one attached hydrogen (secondary N) is 1. The zero-order valence-electron chi connectivity index (χ0n) is 10.6. The van der Waals surface area contributed by atoms with Gasteiger partial charge in [0.1, 0.15) is 11.3 Å². The van der Waals surface area contributed by atoms with Crippen molar-refractivity contribution in [2.24, 2.45) is 5.73 Å². The van der Waals surface area contributed by atoms with Crippen molar-refractivity contribution in [1.29, 1.82) is 0 Å². The second-order valence-corrected chi connectivity index (χ2v) is 4.37. The number of fused-ring (bicyclic) bond motifs is 1. The molecule has 0 aliphatic rings. The molecule has 0 saturated carbocycles. The summed E-state index contributed by atoms with van der Waals surface area (Å²) in [7, 11) is 0. The van der Waals surface area contributed by atoms with E-state index in [4.69, 9.17) is 12.2 Å². The van der Waals surface area contributed by atoms with Gasteiger partial charge in [0, 0.05) is 11.1 Å². The number of imidazole rings is 1. The van der Waals surface area contributed by atoms with E-state index in [-0.39, 0.29) is 0 Å². The number of rotatable bonds is 2. The molecule has 0 radical (unpaired) electrons. The van der Waals surface area contributed by atoms with Crippen LogP contribution in [0.15, 0.2) is 42.5 Å². The zero-order valence-corrected chi connectivity index (χ0v) is 10.6. The Morgan fingerprint density at radius 3 is 2.60 bits per heavy atom. The van der Waals surface area contributed by atoms with Gasteiger partial charge in [0.2, 0.25) is 0 Å². The van der Waals surface area contributed by atoms with E-state index in [0.717, 1.165) is 16.6 Å². The average Bonchev–Trinajstić information content (AvgIpc) is 2.90. The molecule has 0 unspecified atom stereocenters. The molecule has 2 aromatic carbocycles. The summed E-state index contributed by atoms with van der Waals surface area (Å²) < 4.78 is 0. The lowest BCUT2D eigenvalue weighted by atomic mass is 10.1. The van der Waals surface area contributed by atoms with E-state index in [1.165, 1.54) is 0 Å². The number of terminal acetylenes is 1. The van der Waals surface area contributed by atoms with Crippen LogP contribution in [0.3, 0.4) is 0 Å². The number of amides is 1. The molecular formula is C16H11N3O. The third kappa shape index (κ3) is 1.91. The second-order valence-electron chi connectivity index (χ2n) is 4.37. The largest absolute Gasteiger partial charge is 0.366 e. The number of primary amides is 1. The van der Waals surface area contributed by atoms with E-state index in [1.54, 1.807) is 12.1 Å². The van der Waals surface area contributed by atoms with Gasteiger partial charge < -0.3 is 10.7 Å². The van der Waals surface area contributed by atoms with E-state index in [0.29, 0.717) is 16.9 Å². The highest BCUT2D eigenvalue weighted by Gasteiger charge is 2.11. The molecule has 4 heteroatoms. The molecule has 3 N–H and O–H groups in total. The predicted octanol–water partition coefficient (Wildman–Crippen LogP) is 2.31. The lowest BCUT2D eigenvalue weighted by molar-refractivity contribution is 0.100. The molecule has 1 aromatic heterocycles. The Hall–Kier alpha value is -3.06. The number of benzene rings is 2. The highest BCUT2D eigenvalue weighted by Crippen LogP contribution is 2.22. The summed E-state index contributed by atoms with van der Waals surface area (Å²) in [5.74, 6) is 2.75. The first-order valence-corrected chi connectivity index (χ1v) is 6.04. The first-order valence-electron chi connectivity index (χ1n) is 6.04. The number of carbonyl (C=O) groups is 1. The van der Waals surface area contributed by atoms with E-state index < -0.39 is 5.91 Å². The molecule has 0 saturated heterocycles. The highest BCUT2D eigenvalue weighted by atomic mass is 16.1. The number of H-pyrrole nitrogens is 1. The van der Waals surface area contributed by atoms with Crippen LogP contribution in [0.2, 0.25) is 0 Å². The fourth-order valence-electron chi connectivity index (χ4n) is 2.09. The molecule has 0 bridgehead atoms. The SMILES string of the molecule is C#Cc1ccc(-c2nc3c(C(N)=O)cccc3[nH]2)cc1. The van der Waals surface area contributed by atoms with Crippen molar-refractivity contribution >= 4 is 16.9 Å². The maximum absolute atomic E-state index is 11.4. The third-order valence-electron chi connectivity index (χ3n) is 3.10. The minimum Gasteiger partial charge on any atom is -0.366 e. The van der Waals surface area contributed by atoms with Crippen molar-refractivity contribution in [1.82, 2.24) is 9.97 Å². The minimum atomic E-state index is -0.490. The van der Waals surface area contributed by atoms with Crippen LogP contribution in [0, 0.1) is 12.3 Å². The number of nitrogens with zero attached hydrogens (tertiary/aromatic N) is 1. The van der Waals surface area contributed by atoms with Gasteiger partial charge in [0.15, 0.2) is 0 Å². The van der Waals surface area contributed by atoms with Crippen molar-refractivity contribution in [3.8, 4) is 23.7 Å². The van der Waals surface area contributed by atoms with Crippen LogP contribution >= 0.6 is 0 Å². The first-order chi connectivity index (χ1) is 9.69. The second kappa shape index (κ2) is 4.56. The first kappa shape index (κ1) is 12.0. The Morgan fingerprint density at radius 2 is 1.95 bits per heavy atom. The molecule has 0 aliphatic carbocycles. The van der Waals surface area contributed by atoms with Crippen molar-refractivity contribution in [2.45, 2.75) is 0 Å². The van der Waals surface area contributed by atoms with E-state index in [2.05, 4.69) is 15.9 Å². The molecule has 1 heterocycles. The molecule has 0 atom stereocenters. The monoisotopic (exact) mass is 261 g/mol. The number of para-hydroxylation sites is 1. The highest BCUT2D eigenvalue weighted by molar-refractivity contribution is 6.04. The van der Waals surface area contributed by atoms with Crippen molar-refractivity contribution < 1.29 is 4.79 Å². The van der Waals surface area contributed by atoms with Crippen molar-refractivity contribution in [3.63, 3.8) is 0 Å². The van der Waals surface area contributed by atoms with E-state index in [1.807, 2.05) is 30.3 Å². The Kier molecular flexibility index (Phi) is 2.73. The minimum absolute atomic E-state index is 0.408. The fraction of sp³-hybridized carbons (Fsp3) is 0. The van der Waals surface area contributed by atoms with Gasteiger partial charge >= 0.3 is 0 Å². The molecule has 0 spiro atoms. The van der Waals surface area contributed by atoms with Crippen LogP contribution < -0.4 is 5.73 Å². The summed E-state index contributed by atoms with van der Waals surface area (Å²) >= 11 is 0. The number of nitrogens with two attached hydrogens (primary N) is 1. The van der Waals surface area contributed by atoms with Crippen LogP contribution in [0.1, 0.15) is 15.9 Å². The molecule has 1 amide bonds. The molecule has 20 heavy (non-hydrogen) atoms. The summed E-state index contributed by atoms with van der Waals surface area (Å²) in [4.78, 5) is 19.0. The summed E-state index contributed by atoms with van der Waals surface area (Å²) in [6, 6.07) is 12.7. The Labute approximate surface area is 115 Å². The molecular weight excluding hydrogens is 250 g/mol. The zero-order chi connectivity index (χ0) is 14.1. The van der Waals surface area contributed by atoms with Gasteiger partial charge in [0.05, 0.1) is 11.1 Å². The number of carbonyl (C=O) groups excluding carboxylic acids is 1. The maximum Gasteiger partial charge on any atom is 0.250 e. The maximum atomic E-state index is 11.4. The van der Waals surface area contributed by atoms with Gasteiger partial charge in [0.25, 0.3) is 5.91 Å². The lowest BCUT2D eigenvalue weighted by Gasteiger charge is -1.96. The lowest BCUT2D eigenvalue weighted by Crippen LogP contribution is -2.11. The normalized spacial score (nSPS) is 10.3. The van der Waals surface area contributed by atoms with Crippen LogP contribution in [-0.4, -0.2) is 15.9 Å². The average molecular weight is 261 g/mol. The summed E-state index contributed by atoms with van der Waals surface area (Å²) in [6.07, 6.45) is 5.33. The van der Waals surface area contributed by atoms with Gasteiger partial charge in [-0.3, -0.25) is 4.79 Å². The van der Waals surface area contributed by atoms with E-state index >= 15 is 0 Å². The fourth-order valence-corrected chi connectivity index (χ4v) is 2.09.